The van der Waals surface area contributed by atoms with Crippen LogP contribution in [0, 0.1) is 35.5 Å². The van der Waals surface area contributed by atoms with Gasteiger partial charge >= 0.3 is 5.97 Å². The van der Waals surface area contributed by atoms with Crippen molar-refractivity contribution in [2.75, 3.05) is 6.54 Å². The van der Waals surface area contributed by atoms with Crippen molar-refractivity contribution in [3.63, 3.8) is 0 Å². The van der Waals surface area contributed by atoms with E-state index in [0.29, 0.717) is 17.6 Å². The Labute approximate surface area is 171 Å². The lowest BCUT2D eigenvalue weighted by atomic mass is 9.63. The van der Waals surface area contributed by atoms with Gasteiger partial charge in [-0.05, 0) is 59.6 Å². The van der Waals surface area contributed by atoms with Crippen LogP contribution in [0.4, 0.5) is 0 Å². The minimum absolute atomic E-state index is 0.0569. The normalized spacial score (nSPS) is 34.2. The molecule has 6 atom stereocenters. The van der Waals surface area contributed by atoms with Crippen molar-refractivity contribution in [3.8, 4) is 5.75 Å². The second-order valence-corrected chi connectivity index (χ2v) is 9.65. The van der Waals surface area contributed by atoms with Crippen LogP contribution in [0.1, 0.15) is 39.2 Å². The summed E-state index contributed by atoms with van der Waals surface area (Å²) < 4.78 is 5.43. The average molecular weight is 393 g/mol. The van der Waals surface area contributed by atoms with Gasteiger partial charge in [-0.15, -0.1) is 0 Å². The van der Waals surface area contributed by atoms with Crippen molar-refractivity contribution < 1.29 is 19.1 Å². The zero-order valence-corrected chi connectivity index (χ0v) is 17.1. The van der Waals surface area contributed by atoms with Crippen LogP contribution in [-0.2, 0) is 19.8 Å². The van der Waals surface area contributed by atoms with Crippen LogP contribution in [0.25, 0.3) is 0 Å². The minimum Gasteiger partial charge on any atom is -0.425 e. The van der Waals surface area contributed by atoms with E-state index in [9.17, 15) is 14.4 Å². The highest BCUT2D eigenvalue weighted by atomic mass is 16.5. The lowest BCUT2D eigenvalue weighted by Crippen LogP contribution is -2.40. The number of benzene rings is 1. The largest absolute Gasteiger partial charge is 0.425 e. The molecule has 1 heterocycles. The first-order valence-electron chi connectivity index (χ1n) is 10.7. The zero-order valence-electron chi connectivity index (χ0n) is 17.1. The summed E-state index contributed by atoms with van der Waals surface area (Å²) in [7, 11) is 0. The molecule has 152 valence electrons. The van der Waals surface area contributed by atoms with Crippen molar-refractivity contribution >= 4 is 17.8 Å². The Morgan fingerprint density at radius 1 is 1.03 bits per heavy atom. The Morgan fingerprint density at radius 3 is 2.10 bits per heavy atom. The molecule has 0 N–H and O–H groups in total. The first-order chi connectivity index (χ1) is 13.8. The van der Waals surface area contributed by atoms with Crippen LogP contribution in [-0.4, -0.2) is 29.2 Å². The van der Waals surface area contributed by atoms with Gasteiger partial charge in [-0.2, -0.15) is 0 Å². The molecule has 0 radical (unpaired) electrons. The molecular formula is C24H27NO4. The van der Waals surface area contributed by atoms with E-state index in [4.69, 9.17) is 4.74 Å². The van der Waals surface area contributed by atoms with Crippen molar-refractivity contribution in [1.82, 2.24) is 4.90 Å². The van der Waals surface area contributed by atoms with E-state index in [1.165, 1.54) is 5.56 Å². The molecule has 0 spiro atoms. The third-order valence-corrected chi connectivity index (χ3v) is 7.79. The van der Waals surface area contributed by atoms with E-state index < -0.39 is 5.97 Å². The molecular weight excluding hydrogens is 366 g/mol. The molecule has 6 rings (SSSR count). The summed E-state index contributed by atoms with van der Waals surface area (Å²) in [4.78, 5) is 39.5. The summed E-state index contributed by atoms with van der Waals surface area (Å²) >= 11 is 0. The first kappa shape index (κ1) is 18.6. The summed E-state index contributed by atoms with van der Waals surface area (Å²) in [6.45, 7) is 6.18. The fraction of sp³-hybridized carbons (Fsp3) is 0.542. The number of carbonyl (C=O) groups is 3. The Kier molecular flexibility index (Phi) is 4.03. The number of carbonyl (C=O) groups excluding carboxylic acids is 3. The van der Waals surface area contributed by atoms with Gasteiger partial charge in [0.25, 0.3) is 0 Å². The van der Waals surface area contributed by atoms with Crippen LogP contribution in [0.3, 0.4) is 0 Å². The number of likely N-dealkylation sites (tertiary alicyclic amines) is 1. The number of esters is 1. The number of amides is 2. The number of hydrogen-bond donors (Lipinski definition) is 0. The van der Waals surface area contributed by atoms with Gasteiger partial charge in [-0.3, -0.25) is 14.5 Å². The first-order valence-corrected chi connectivity index (χ1v) is 10.7. The molecule has 5 nitrogen and oxygen atoms in total. The maximum Gasteiger partial charge on any atom is 0.331 e. The van der Waals surface area contributed by atoms with Crippen molar-refractivity contribution in [3.05, 3.63) is 42.0 Å². The Hall–Kier alpha value is -2.43. The van der Waals surface area contributed by atoms with E-state index in [0.717, 1.165) is 17.7 Å². The third-order valence-electron chi connectivity index (χ3n) is 7.79. The van der Waals surface area contributed by atoms with Crippen molar-refractivity contribution in [2.24, 2.45) is 35.5 Å². The van der Waals surface area contributed by atoms with Crippen LogP contribution in [0.15, 0.2) is 36.4 Å². The molecule has 5 heteroatoms. The molecule has 0 aromatic heterocycles. The molecule has 6 unspecified atom stereocenters. The number of imide groups is 1. The monoisotopic (exact) mass is 393 g/mol. The van der Waals surface area contributed by atoms with Gasteiger partial charge in [0, 0.05) is 0 Å². The third kappa shape index (κ3) is 2.77. The maximum atomic E-state index is 12.9. The van der Waals surface area contributed by atoms with Crippen molar-refractivity contribution in [1.29, 1.82) is 0 Å². The molecule has 1 aliphatic heterocycles. The molecule has 29 heavy (non-hydrogen) atoms. The van der Waals surface area contributed by atoms with Gasteiger partial charge in [0.15, 0.2) is 0 Å². The van der Waals surface area contributed by atoms with Crippen LogP contribution in [0.2, 0.25) is 0 Å². The molecule has 2 bridgehead atoms. The predicted molar refractivity (Wildman–Crippen MR) is 107 cm³/mol. The SMILES string of the molecule is CCC(C)(C)c1ccc(OC(=O)CN2C(=O)C3C4C=CC(C5CC45)C3C2=O)cc1. The molecule has 2 amide bonds. The van der Waals surface area contributed by atoms with E-state index in [-0.39, 0.29) is 47.4 Å². The molecule has 2 saturated carbocycles. The summed E-state index contributed by atoms with van der Waals surface area (Å²) in [5.41, 5.74) is 1.23. The van der Waals surface area contributed by atoms with E-state index in [2.05, 4.69) is 32.9 Å². The van der Waals surface area contributed by atoms with E-state index >= 15 is 0 Å². The molecule has 3 fully saturated rings. The summed E-state index contributed by atoms with van der Waals surface area (Å²) in [6, 6.07) is 7.47. The van der Waals surface area contributed by atoms with Crippen LogP contribution in [0.5, 0.6) is 5.75 Å². The Morgan fingerprint density at radius 2 is 1.59 bits per heavy atom. The average Bonchev–Trinajstić information content (AvgIpc) is 3.49. The molecule has 1 aromatic rings. The number of ether oxygens (including phenoxy) is 1. The molecule has 1 saturated heterocycles. The maximum absolute atomic E-state index is 12.9. The standard InChI is InChI=1S/C24H27NO4/c1-4-24(2,3)13-5-7-14(8-6-13)29-19(26)12-25-22(27)20-15-9-10-16(18-11-17(15)18)21(20)23(25)28/h5-10,15-18,20-21H,4,11-12H2,1-3H3. The van der Waals surface area contributed by atoms with Gasteiger partial charge in [0.1, 0.15) is 12.3 Å². The fourth-order valence-electron chi connectivity index (χ4n) is 5.65. The number of nitrogens with zero attached hydrogens (tertiary/aromatic N) is 1. The fourth-order valence-corrected chi connectivity index (χ4v) is 5.65. The lowest BCUT2D eigenvalue weighted by Gasteiger charge is -2.37. The second kappa shape index (κ2) is 6.28. The van der Waals surface area contributed by atoms with Gasteiger partial charge in [0.05, 0.1) is 11.8 Å². The quantitative estimate of drug-likeness (QED) is 0.333. The Bertz CT molecular complexity index is 879. The topological polar surface area (TPSA) is 63.7 Å². The van der Waals surface area contributed by atoms with E-state index in [1.807, 2.05) is 12.1 Å². The smallest absolute Gasteiger partial charge is 0.331 e. The summed E-state index contributed by atoms with van der Waals surface area (Å²) in [6.07, 6.45) is 6.40. The zero-order chi connectivity index (χ0) is 20.5. The van der Waals surface area contributed by atoms with Gasteiger partial charge in [-0.25, -0.2) is 4.79 Å². The minimum atomic E-state index is -0.571. The number of allylic oxidation sites excluding steroid dienone is 2. The Balaban J connectivity index is 1.26. The molecule has 1 aromatic carbocycles. The summed E-state index contributed by atoms with van der Waals surface area (Å²) in [5.74, 6) is 0.381. The highest BCUT2D eigenvalue weighted by Gasteiger charge is 2.67. The van der Waals surface area contributed by atoms with Gasteiger partial charge in [0.2, 0.25) is 11.8 Å². The second-order valence-electron chi connectivity index (χ2n) is 9.65. The van der Waals surface area contributed by atoms with Crippen molar-refractivity contribution in [2.45, 2.75) is 39.0 Å². The molecule has 5 aliphatic rings. The van der Waals surface area contributed by atoms with Crippen LogP contribution >= 0.6 is 0 Å². The van der Waals surface area contributed by atoms with Crippen LogP contribution < -0.4 is 4.74 Å². The summed E-state index contributed by atoms with van der Waals surface area (Å²) in [5, 5.41) is 0. The van der Waals surface area contributed by atoms with Gasteiger partial charge in [-0.1, -0.05) is 45.1 Å². The molecule has 4 aliphatic carbocycles. The highest BCUT2D eigenvalue weighted by Crippen LogP contribution is 2.65. The lowest BCUT2D eigenvalue weighted by molar-refractivity contribution is -0.148. The van der Waals surface area contributed by atoms with Gasteiger partial charge < -0.3 is 4.74 Å². The number of rotatable bonds is 5. The van der Waals surface area contributed by atoms with E-state index in [1.54, 1.807) is 12.1 Å². The highest BCUT2D eigenvalue weighted by molar-refractivity contribution is 6.08. The predicted octanol–water partition coefficient (Wildman–Crippen LogP) is 3.33. The number of hydrogen-bond acceptors (Lipinski definition) is 4.